The van der Waals surface area contributed by atoms with Crippen LogP contribution in [0.15, 0.2) is 9.98 Å². The van der Waals surface area contributed by atoms with Crippen LogP contribution in [0.3, 0.4) is 0 Å². The molecule has 8 nitrogen and oxygen atoms in total. The Morgan fingerprint density at radius 1 is 0.906 bits per heavy atom. The van der Waals surface area contributed by atoms with E-state index in [1.165, 1.54) is 4.90 Å². The van der Waals surface area contributed by atoms with Crippen molar-refractivity contribution in [2.45, 2.75) is 92.2 Å². The summed E-state index contributed by atoms with van der Waals surface area (Å²) in [7, 11) is 0. The lowest BCUT2D eigenvalue weighted by Crippen LogP contribution is -2.51. The van der Waals surface area contributed by atoms with Crippen molar-refractivity contribution in [2.24, 2.45) is 31.6 Å². The van der Waals surface area contributed by atoms with Gasteiger partial charge in [0.1, 0.15) is 0 Å². The van der Waals surface area contributed by atoms with E-state index in [1.807, 2.05) is 6.92 Å². The van der Waals surface area contributed by atoms with Crippen molar-refractivity contribution in [3.8, 4) is 0 Å². The molecular formula is C24H38N4O4. The third kappa shape index (κ3) is 7.11. The largest absolute Gasteiger partial charge is 0.337 e. The molecule has 0 radical (unpaired) electrons. The first kappa shape index (κ1) is 26.0. The summed E-state index contributed by atoms with van der Waals surface area (Å²) in [4.78, 5) is 55.4. The molecule has 2 saturated carbocycles. The minimum atomic E-state index is -0.430. The molecular weight excluding hydrogens is 408 g/mol. The van der Waals surface area contributed by atoms with Gasteiger partial charge in [-0.3, -0.25) is 9.69 Å². The number of rotatable bonds is 7. The fourth-order valence-electron chi connectivity index (χ4n) is 6.70. The van der Waals surface area contributed by atoms with E-state index in [-0.39, 0.29) is 40.3 Å². The molecule has 2 fully saturated rings. The molecule has 4 atom stereocenters. The first-order valence-corrected chi connectivity index (χ1v) is 11.4. The monoisotopic (exact) mass is 446 g/mol. The molecule has 0 aromatic carbocycles. The summed E-state index contributed by atoms with van der Waals surface area (Å²) in [6.07, 6.45) is 8.52. The second-order valence-corrected chi connectivity index (χ2v) is 12.3. The molecule has 0 aromatic heterocycles. The van der Waals surface area contributed by atoms with Crippen LogP contribution in [-0.2, 0) is 14.4 Å². The highest BCUT2D eigenvalue weighted by molar-refractivity contribution is 5.84. The van der Waals surface area contributed by atoms with E-state index in [0.29, 0.717) is 25.8 Å². The van der Waals surface area contributed by atoms with Crippen LogP contribution in [0.4, 0.5) is 4.79 Å². The van der Waals surface area contributed by atoms with Crippen LogP contribution in [0.5, 0.6) is 0 Å². The number of hydrogen-bond donors (Lipinski definition) is 1. The Morgan fingerprint density at radius 3 is 1.84 bits per heavy atom. The number of urea groups is 1. The molecule has 0 saturated heterocycles. The number of imide groups is 1. The van der Waals surface area contributed by atoms with Crippen LogP contribution >= 0.6 is 0 Å². The third-order valence-corrected chi connectivity index (χ3v) is 6.92. The van der Waals surface area contributed by atoms with E-state index in [9.17, 15) is 19.2 Å². The molecule has 3 amide bonds. The topological polar surface area (TPSA) is 108 Å². The normalized spacial score (nSPS) is 33.2. The van der Waals surface area contributed by atoms with Gasteiger partial charge in [0.25, 0.3) is 0 Å². The Labute approximate surface area is 191 Å². The quantitative estimate of drug-likeness (QED) is 0.362. The third-order valence-electron chi connectivity index (χ3n) is 6.92. The molecule has 0 spiro atoms. The van der Waals surface area contributed by atoms with Gasteiger partial charge >= 0.3 is 6.03 Å². The maximum atomic E-state index is 12.9. The van der Waals surface area contributed by atoms with Crippen molar-refractivity contribution in [2.75, 3.05) is 13.1 Å². The Kier molecular flexibility index (Phi) is 7.85. The molecule has 2 aliphatic carbocycles. The highest BCUT2D eigenvalue weighted by Gasteiger charge is 2.44. The smallest absolute Gasteiger partial charge is 0.323 e. The zero-order chi connectivity index (χ0) is 24.2. The maximum absolute atomic E-state index is 12.9. The van der Waals surface area contributed by atoms with E-state index in [1.54, 1.807) is 12.2 Å². The number of hydrogen-bond acceptors (Lipinski definition) is 6. The van der Waals surface area contributed by atoms with Crippen LogP contribution in [-0.4, -0.2) is 54.7 Å². The Balaban J connectivity index is 2.07. The zero-order valence-corrected chi connectivity index (χ0v) is 20.4. The molecule has 0 aromatic rings. The van der Waals surface area contributed by atoms with Crippen molar-refractivity contribution >= 4 is 24.6 Å². The second-order valence-electron chi connectivity index (χ2n) is 12.3. The summed E-state index contributed by atoms with van der Waals surface area (Å²) in [5, 5.41) is 2.94. The Hall–Kier alpha value is -2.30. The van der Waals surface area contributed by atoms with E-state index in [4.69, 9.17) is 0 Å². The van der Waals surface area contributed by atoms with Crippen LogP contribution in [0.1, 0.15) is 80.1 Å². The number of carbonyl (C=O) groups is 2. The highest BCUT2D eigenvalue weighted by atomic mass is 16.2. The maximum Gasteiger partial charge on any atom is 0.323 e. The van der Waals surface area contributed by atoms with Gasteiger partial charge in [0, 0.05) is 13.1 Å². The van der Waals surface area contributed by atoms with E-state index in [0.717, 1.165) is 25.7 Å². The molecule has 2 aliphatic rings. The number of nitrogens with one attached hydrogen (secondary N) is 1. The number of isocyanates is 2. The predicted octanol–water partition coefficient (Wildman–Crippen LogP) is 4.00. The second kappa shape index (κ2) is 9.68. The lowest BCUT2D eigenvalue weighted by molar-refractivity contribution is -0.117. The van der Waals surface area contributed by atoms with Crippen molar-refractivity contribution in [3.05, 3.63) is 0 Å². The van der Waals surface area contributed by atoms with Crippen molar-refractivity contribution in [1.82, 2.24) is 10.2 Å². The average molecular weight is 447 g/mol. The van der Waals surface area contributed by atoms with Gasteiger partial charge in [0.2, 0.25) is 18.6 Å². The number of carbonyl (C=O) groups excluding carboxylic acids is 4. The Morgan fingerprint density at radius 2 is 1.38 bits per heavy atom. The van der Waals surface area contributed by atoms with E-state index in [2.05, 4.69) is 49.9 Å². The molecule has 0 aliphatic heterocycles. The molecule has 178 valence electrons. The van der Waals surface area contributed by atoms with Crippen LogP contribution in [0.25, 0.3) is 0 Å². The molecule has 32 heavy (non-hydrogen) atoms. The van der Waals surface area contributed by atoms with Crippen molar-refractivity contribution < 1.29 is 19.2 Å². The molecule has 0 heterocycles. The molecule has 2 rings (SSSR count). The summed E-state index contributed by atoms with van der Waals surface area (Å²) in [5.41, 5.74) is -0.649. The SMILES string of the molecule is CC1(C)CC(N=C=O)CC(C)(CNC(=O)N(C=O)CC2(C)CC(N=C=O)CC(C)(C)C2)C1. The lowest BCUT2D eigenvalue weighted by atomic mass is 9.62. The van der Waals surface area contributed by atoms with Gasteiger partial charge in [-0.25, -0.2) is 24.4 Å². The van der Waals surface area contributed by atoms with Gasteiger partial charge in [-0.2, -0.15) is 0 Å². The summed E-state index contributed by atoms with van der Waals surface area (Å²) >= 11 is 0. The van der Waals surface area contributed by atoms with E-state index < -0.39 is 6.03 Å². The molecule has 8 heteroatoms. The fraction of sp³-hybridized carbons (Fsp3) is 0.833. The van der Waals surface area contributed by atoms with Gasteiger partial charge in [0.05, 0.1) is 12.1 Å². The number of amides is 3. The van der Waals surface area contributed by atoms with Crippen molar-refractivity contribution in [1.29, 1.82) is 0 Å². The van der Waals surface area contributed by atoms with Crippen molar-refractivity contribution in [3.63, 3.8) is 0 Å². The first-order chi connectivity index (χ1) is 14.7. The summed E-state index contributed by atoms with van der Waals surface area (Å²) in [6.45, 7) is 13.3. The van der Waals surface area contributed by atoms with Crippen LogP contribution < -0.4 is 5.32 Å². The molecule has 4 unspecified atom stereocenters. The number of aliphatic imine (C=N–C) groups is 2. The minimum absolute atomic E-state index is 0.0115. The lowest BCUT2D eigenvalue weighted by Gasteiger charge is -2.46. The predicted molar refractivity (Wildman–Crippen MR) is 121 cm³/mol. The average Bonchev–Trinajstić information content (AvgIpc) is 2.61. The summed E-state index contributed by atoms with van der Waals surface area (Å²) < 4.78 is 0. The minimum Gasteiger partial charge on any atom is -0.337 e. The van der Waals surface area contributed by atoms with Gasteiger partial charge in [0.15, 0.2) is 0 Å². The van der Waals surface area contributed by atoms with Gasteiger partial charge in [-0.15, -0.1) is 0 Å². The molecule has 0 bridgehead atoms. The summed E-state index contributed by atoms with van der Waals surface area (Å²) in [6, 6.07) is -0.699. The Bertz CT molecular complexity index is 813. The van der Waals surface area contributed by atoms with Crippen LogP contribution in [0.2, 0.25) is 0 Å². The van der Waals surface area contributed by atoms with Gasteiger partial charge in [-0.1, -0.05) is 41.5 Å². The first-order valence-electron chi connectivity index (χ1n) is 11.4. The number of nitrogens with zero attached hydrogens (tertiary/aromatic N) is 3. The molecule has 1 N–H and O–H groups in total. The van der Waals surface area contributed by atoms with E-state index >= 15 is 0 Å². The zero-order valence-electron chi connectivity index (χ0n) is 20.4. The summed E-state index contributed by atoms with van der Waals surface area (Å²) in [5.74, 6) is 0. The van der Waals surface area contributed by atoms with Crippen LogP contribution in [0, 0.1) is 21.7 Å². The standard InChI is InChI=1S/C24H38N4O4/c1-21(2)7-18(26-15-29)9-23(5,11-21)13-25-20(32)28(17-31)14-24(6)10-19(27-16-30)8-22(3,4)12-24/h17-19H,7-14H2,1-6H3,(H,25,32). The van der Waals surface area contributed by atoms with Gasteiger partial charge in [-0.05, 0) is 60.2 Å². The highest BCUT2D eigenvalue weighted by Crippen LogP contribution is 2.48. The fourth-order valence-corrected chi connectivity index (χ4v) is 6.70. The van der Waals surface area contributed by atoms with Gasteiger partial charge < -0.3 is 5.32 Å².